The maximum atomic E-state index is 11.2. The average Bonchev–Trinajstić information content (AvgIpc) is 2.79. The van der Waals surface area contributed by atoms with Gasteiger partial charge < -0.3 is 5.32 Å². The van der Waals surface area contributed by atoms with Gasteiger partial charge in [-0.15, -0.1) is 0 Å². The van der Waals surface area contributed by atoms with Gasteiger partial charge in [-0.1, -0.05) is 27.3 Å². The summed E-state index contributed by atoms with van der Waals surface area (Å²) >= 11 is 4.94. The molecular weight excluding hydrogens is 374 g/mol. The summed E-state index contributed by atoms with van der Waals surface area (Å²) in [5.41, 5.74) is 1.65. The molecule has 3 N–H and O–H groups in total. The van der Waals surface area contributed by atoms with Crippen molar-refractivity contribution in [3.05, 3.63) is 46.9 Å². The molecule has 3 aromatic rings. The highest BCUT2D eigenvalue weighted by atomic mass is 79.9. The zero-order valence-corrected chi connectivity index (χ0v) is 13.8. The Morgan fingerprint density at radius 1 is 1.14 bits per heavy atom. The summed E-state index contributed by atoms with van der Waals surface area (Å²) in [6, 6.07) is 12.1. The maximum Gasteiger partial charge on any atom is 0.238 e. The van der Waals surface area contributed by atoms with Crippen LogP contribution in [-0.2, 0) is 10.0 Å². The second kappa shape index (κ2) is 5.38. The highest BCUT2D eigenvalue weighted by molar-refractivity contribution is 9.10. The molecule has 1 aromatic heterocycles. The standard InChI is InChI=1S/C13H10BrN3O2S2/c14-8-1-6-12-11(7-8)17-13(20-12)16-9-2-4-10(5-3-9)21(15,18)19/h1-7H,(H,16,17)(H2,15,18,19). The third kappa shape index (κ3) is 3.24. The Bertz CT molecular complexity index is 905. The van der Waals surface area contributed by atoms with Crippen molar-refractivity contribution in [2.45, 2.75) is 4.90 Å². The fourth-order valence-corrected chi connectivity index (χ4v) is 3.54. The molecule has 0 aliphatic rings. The number of anilines is 2. The van der Waals surface area contributed by atoms with Crippen LogP contribution in [0, 0.1) is 0 Å². The Morgan fingerprint density at radius 3 is 2.52 bits per heavy atom. The van der Waals surface area contributed by atoms with Crippen molar-refractivity contribution in [2.24, 2.45) is 5.14 Å². The number of halogens is 1. The molecule has 0 aliphatic carbocycles. The number of hydrogen-bond acceptors (Lipinski definition) is 5. The van der Waals surface area contributed by atoms with E-state index in [0.29, 0.717) is 0 Å². The van der Waals surface area contributed by atoms with E-state index in [-0.39, 0.29) is 4.90 Å². The van der Waals surface area contributed by atoms with E-state index >= 15 is 0 Å². The largest absolute Gasteiger partial charge is 0.332 e. The summed E-state index contributed by atoms with van der Waals surface area (Å²) in [5.74, 6) is 0. The fourth-order valence-electron chi connectivity index (χ4n) is 1.81. The van der Waals surface area contributed by atoms with Gasteiger partial charge in [-0.3, -0.25) is 0 Å². The number of fused-ring (bicyclic) bond motifs is 1. The molecule has 1 heterocycles. The molecule has 0 aliphatic heterocycles. The summed E-state index contributed by atoms with van der Waals surface area (Å²) < 4.78 is 24.4. The highest BCUT2D eigenvalue weighted by Gasteiger charge is 2.08. The number of nitrogens with one attached hydrogen (secondary N) is 1. The molecular formula is C13H10BrN3O2S2. The number of thiazole rings is 1. The Hall–Kier alpha value is -1.48. The monoisotopic (exact) mass is 383 g/mol. The molecule has 0 atom stereocenters. The van der Waals surface area contributed by atoms with Crippen LogP contribution < -0.4 is 10.5 Å². The molecule has 0 saturated heterocycles. The van der Waals surface area contributed by atoms with E-state index in [0.717, 1.165) is 25.5 Å². The minimum absolute atomic E-state index is 0.0845. The molecule has 21 heavy (non-hydrogen) atoms. The lowest BCUT2D eigenvalue weighted by Crippen LogP contribution is -2.11. The summed E-state index contributed by atoms with van der Waals surface area (Å²) in [4.78, 5) is 4.56. The van der Waals surface area contributed by atoms with Gasteiger partial charge in [0.1, 0.15) is 0 Å². The predicted molar refractivity (Wildman–Crippen MR) is 88.4 cm³/mol. The minimum atomic E-state index is -3.66. The maximum absolute atomic E-state index is 11.2. The van der Waals surface area contributed by atoms with Crippen LogP contribution in [0.15, 0.2) is 51.8 Å². The summed E-state index contributed by atoms with van der Waals surface area (Å²) in [6.45, 7) is 0. The normalized spacial score (nSPS) is 11.7. The van der Waals surface area contributed by atoms with Gasteiger partial charge in [0.25, 0.3) is 0 Å². The highest BCUT2D eigenvalue weighted by Crippen LogP contribution is 2.30. The fraction of sp³-hybridized carbons (Fsp3) is 0. The lowest BCUT2D eigenvalue weighted by molar-refractivity contribution is 0.598. The van der Waals surface area contributed by atoms with Crippen molar-refractivity contribution in [1.29, 1.82) is 0 Å². The summed E-state index contributed by atoms with van der Waals surface area (Å²) in [7, 11) is -3.66. The zero-order chi connectivity index (χ0) is 15.0. The molecule has 0 spiro atoms. The lowest BCUT2D eigenvalue weighted by Gasteiger charge is -2.03. The number of hydrogen-bond donors (Lipinski definition) is 2. The number of rotatable bonds is 3. The van der Waals surface area contributed by atoms with E-state index < -0.39 is 10.0 Å². The van der Waals surface area contributed by atoms with E-state index in [1.807, 2.05) is 18.2 Å². The van der Waals surface area contributed by atoms with Gasteiger partial charge in [0.15, 0.2) is 5.13 Å². The molecule has 8 heteroatoms. The topological polar surface area (TPSA) is 85.1 Å². The van der Waals surface area contributed by atoms with Crippen molar-refractivity contribution in [2.75, 3.05) is 5.32 Å². The molecule has 0 saturated carbocycles. The average molecular weight is 384 g/mol. The van der Waals surface area contributed by atoms with Crippen molar-refractivity contribution in [3.8, 4) is 0 Å². The Morgan fingerprint density at radius 2 is 1.86 bits per heavy atom. The molecule has 0 unspecified atom stereocenters. The smallest absolute Gasteiger partial charge is 0.238 e. The third-order valence-electron chi connectivity index (χ3n) is 2.78. The van der Waals surface area contributed by atoms with Crippen LogP contribution in [0.5, 0.6) is 0 Å². The molecule has 0 amide bonds. The molecule has 0 bridgehead atoms. The minimum Gasteiger partial charge on any atom is -0.332 e. The quantitative estimate of drug-likeness (QED) is 0.724. The molecule has 0 fully saturated rings. The lowest BCUT2D eigenvalue weighted by atomic mass is 10.3. The number of sulfonamides is 1. The predicted octanol–water partition coefficient (Wildman–Crippen LogP) is 3.45. The zero-order valence-electron chi connectivity index (χ0n) is 10.6. The number of nitrogens with two attached hydrogens (primary N) is 1. The molecule has 2 aromatic carbocycles. The van der Waals surface area contributed by atoms with Crippen LogP contribution in [0.4, 0.5) is 10.8 Å². The summed E-state index contributed by atoms with van der Waals surface area (Å²) in [6.07, 6.45) is 0. The number of nitrogens with zero attached hydrogens (tertiary/aromatic N) is 1. The van der Waals surface area contributed by atoms with Gasteiger partial charge in [-0.25, -0.2) is 18.5 Å². The van der Waals surface area contributed by atoms with Gasteiger partial charge in [-0.2, -0.15) is 0 Å². The number of aromatic nitrogens is 1. The molecule has 108 valence electrons. The van der Waals surface area contributed by atoms with Crippen LogP contribution in [0.1, 0.15) is 0 Å². The SMILES string of the molecule is NS(=O)(=O)c1ccc(Nc2nc3cc(Br)ccc3s2)cc1. The Kier molecular flexibility index (Phi) is 3.70. The number of benzene rings is 2. The molecule has 3 rings (SSSR count). The third-order valence-corrected chi connectivity index (χ3v) is 5.16. The van der Waals surface area contributed by atoms with E-state index in [1.165, 1.54) is 23.5 Å². The van der Waals surface area contributed by atoms with Crippen molar-refractivity contribution in [3.63, 3.8) is 0 Å². The second-order valence-electron chi connectivity index (χ2n) is 4.33. The number of primary sulfonamides is 1. The first-order valence-electron chi connectivity index (χ1n) is 5.88. The van der Waals surface area contributed by atoms with Crippen molar-refractivity contribution < 1.29 is 8.42 Å². The summed E-state index contributed by atoms with van der Waals surface area (Å²) in [5, 5.41) is 8.95. The first-order chi connectivity index (χ1) is 9.91. The van der Waals surface area contributed by atoms with Gasteiger partial charge >= 0.3 is 0 Å². The van der Waals surface area contributed by atoms with Gasteiger partial charge in [0.2, 0.25) is 10.0 Å². The van der Waals surface area contributed by atoms with Crippen LogP contribution in [-0.4, -0.2) is 13.4 Å². The molecule has 0 radical (unpaired) electrons. The van der Waals surface area contributed by atoms with Crippen LogP contribution in [0.2, 0.25) is 0 Å². The van der Waals surface area contributed by atoms with E-state index in [4.69, 9.17) is 5.14 Å². The van der Waals surface area contributed by atoms with E-state index in [9.17, 15) is 8.42 Å². The Labute approximate surface area is 134 Å². The van der Waals surface area contributed by atoms with Crippen molar-refractivity contribution in [1.82, 2.24) is 4.98 Å². The van der Waals surface area contributed by atoms with Crippen LogP contribution >= 0.6 is 27.3 Å². The Balaban J connectivity index is 1.88. The molecule has 5 nitrogen and oxygen atoms in total. The second-order valence-corrected chi connectivity index (χ2v) is 7.83. The van der Waals surface area contributed by atoms with E-state index in [2.05, 4.69) is 26.2 Å². The van der Waals surface area contributed by atoms with Gasteiger partial charge in [0.05, 0.1) is 15.1 Å². The van der Waals surface area contributed by atoms with Crippen LogP contribution in [0.3, 0.4) is 0 Å². The first kappa shape index (κ1) is 14.5. The van der Waals surface area contributed by atoms with Gasteiger partial charge in [0, 0.05) is 10.2 Å². The van der Waals surface area contributed by atoms with E-state index in [1.54, 1.807) is 12.1 Å². The van der Waals surface area contributed by atoms with Gasteiger partial charge in [-0.05, 0) is 42.5 Å². The first-order valence-corrected chi connectivity index (χ1v) is 9.03. The van der Waals surface area contributed by atoms with Crippen molar-refractivity contribution >= 4 is 58.3 Å². The van der Waals surface area contributed by atoms with Crippen LogP contribution in [0.25, 0.3) is 10.2 Å².